The fraction of sp³-hybridized carbons (Fsp3) is 0.286. The van der Waals surface area contributed by atoms with Crippen LogP contribution in [0, 0.1) is 13.8 Å². The molecule has 0 saturated heterocycles. The lowest BCUT2D eigenvalue weighted by Gasteiger charge is -2.23. The number of nitrogens with one attached hydrogen (secondary N) is 2. The average molecular weight is 400 g/mol. The Hall–Kier alpha value is -2.80. The first-order valence-electron chi connectivity index (χ1n) is 9.12. The number of aromatic nitrogens is 1. The number of carbonyl (C=O) groups is 1. The zero-order chi connectivity index (χ0) is 20.3. The molecule has 0 saturated carbocycles. The predicted molar refractivity (Wildman–Crippen MR) is 113 cm³/mol. The third-order valence-corrected chi connectivity index (χ3v) is 6.04. The molecule has 1 amide bonds. The van der Waals surface area contributed by atoms with Gasteiger partial charge in [0.25, 0.3) is 0 Å². The Kier molecular flexibility index (Phi) is 5.74. The van der Waals surface area contributed by atoms with Crippen LogP contribution in [0.4, 0.5) is 5.69 Å². The van der Waals surface area contributed by atoms with E-state index in [2.05, 4.69) is 10.3 Å². The Morgan fingerprint density at radius 3 is 2.57 bits per heavy atom. The summed E-state index contributed by atoms with van der Waals surface area (Å²) in [5.41, 5.74) is 4.64. The van der Waals surface area contributed by atoms with Gasteiger partial charge in [-0.2, -0.15) is 0 Å². The molecule has 0 aliphatic rings. The van der Waals surface area contributed by atoms with Crippen molar-refractivity contribution in [3.05, 3.63) is 65.4 Å². The van der Waals surface area contributed by atoms with E-state index < -0.39 is 10.0 Å². The number of carbonyl (C=O) groups excluding carboxylic acids is 1. The van der Waals surface area contributed by atoms with Gasteiger partial charge >= 0.3 is 0 Å². The van der Waals surface area contributed by atoms with Crippen molar-refractivity contribution in [2.24, 2.45) is 0 Å². The number of hydrogen-bond acceptors (Lipinski definition) is 3. The van der Waals surface area contributed by atoms with Gasteiger partial charge in [0.05, 0.1) is 24.9 Å². The minimum atomic E-state index is -3.45. The second kappa shape index (κ2) is 8.06. The van der Waals surface area contributed by atoms with Crippen LogP contribution in [-0.2, 0) is 21.2 Å². The molecule has 1 heterocycles. The van der Waals surface area contributed by atoms with Crippen LogP contribution in [0.2, 0.25) is 0 Å². The molecule has 3 rings (SSSR count). The first-order chi connectivity index (χ1) is 13.3. The summed E-state index contributed by atoms with van der Waals surface area (Å²) < 4.78 is 25.8. The van der Waals surface area contributed by atoms with Gasteiger partial charge < -0.3 is 10.3 Å². The van der Waals surface area contributed by atoms with Crippen molar-refractivity contribution in [3.63, 3.8) is 0 Å². The molecule has 6 nitrogen and oxygen atoms in total. The fourth-order valence-electron chi connectivity index (χ4n) is 3.18. The number of fused-ring (bicyclic) bond motifs is 1. The topological polar surface area (TPSA) is 82.3 Å². The lowest BCUT2D eigenvalue weighted by atomic mass is 10.1. The molecule has 0 unspecified atom stereocenters. The van der Waals surface area contributed by atoms with E-state index in [0.29, 0.717) is 5.69 Å². The van der Waals surface area contributed by atoms with Gasteiger partial charge in [-0.3, -0.25) is 9.10 Å². The Balaban J connectivity index is 1.64. The van der Waals surface area contributed by atoms with E-state index in [1.165, 1.54) is 10.6 Å². The standard InChI is InChI=1S/C21H25N3O3S/c1-15-8-9-18(12-16(15)2)24(28(3,26)27)11-10-22-21(25)13-17-14-23-20-7-5-4-6-19(17)20/h4-9,12,14,23H,10-11,13H2,1-3H3,(H,22,25). The molecular formula is C21H25N3O3S. The van der Waals surface area contributed by atoms with Crippen molar-refractivity contribution in [1.82, 2.24) is 10.3 Å². The van der Waals surface area contributed by atoms with Gasteiger partial charge in [-0.05, 0) is 48.7 Å². The molecule has 0 bridgehead atoms. The summed E-state index contributed by atoms with van der Waals surface area (Å²) in [7, 11) is -3.45. The highest BCUT2D eigenvalue weighted by Gasteiger charge is 2.18. The molecule has 2 aromatic carbocycles. The highest BCUT2D eigenvalue weighted by molar-refractivity contribution is 7.92. The molecule has 1 aromatic heterocycles. The number of anilines is 1. The molecule has 0 radical (unpaired) electrons. The maximum Gasteiger partial charge on any atom is 0.232 e. The SMILES string of the molecule is Cc1ccc(N(CCNC(=O)Cc2c[nH]c3ccccc23)S(C)(=O)=O)cc1C. The molecule has 7 heteroatoms. The summed E-state index contributed by atoms with van der Waals surface area (Å²) in [4.78, 5) is 15.5. The lowest BCUT2D eigenvalue weighted by molar-refractivity contribution is -0.120. The van der Waals surface area contributed by atoms with Gasteiger partial charge in [0.2, 0.25) is 15.9 Å². The van der Waals surface area contributed by atoms with Gasteiger partial charge in [-0.15, -0.1) is 0 Å². The molecule has 3 aromatic rings. The Morgan fingerprint density at radius 1 is 1.11 bits per heavy atom. The summed E-state index contributed by atoms with van der Waals surface area (Å²) >= 11 is 0. The van der Waals surface area contributed by atoms with Gasteiger partial charge in [-0.1, -0.05) is 24.3 Å². The molecule has 0 spiro atoms. The average Bonchev–Trinajstić information content (AvgIpc) is 3.03. The summed E-state index contributed by atoms with van der Waals surface area (Å²) in [6.07, 6.45) is 3.25. The van der Waals surface area contributed by atoms with Crippen LogP contribution < -0.4 is 9.62 Å². The van der Waals surface area contributed by atoms with Crippen LogP contribution >= 0.6 is 0 Å². The number of aromatic amines is 1. The van der Waals surface area contributed by atoms with E-state index in [9.17, 15) is 13.2 Å². The van der Waals surface area contributed by atoms with Crippen molar-refractivity contribution >= 4 is 32.5 Å². The number of sulfonamides is 1. The van der Waals surface area contributed by atoms with E-state index >= 15 is 0 Å². The molecule has 0 aliphatic carbocycles. The van der Waals surface area contributed by atoms with Crippen LogP contribution in [0.3, 0.4) is 0 Å². The van der Waals surface area contributed by atoms with E-state index in [0.717, 1.165) is 27.6 Å². The van der Waals surface area contributed by atoms with Gasteiger partial charge in [-0.25, -0.2) is 8.42 Å². The van der Waals surface area contributed by atoms with E-state index in [4.69, 9.17) is 0 Å². The number of benzene rings is 2. The van der Waals surface area contributed by atoms with Crippen molar-refractivity contribution in [3.8, 4) is 0 Å². The van der Waals surface area contributed by atoms with Crippen LogP contribution in [0.5, 0.6) is 0 Å². The molecule has 0 fully saturated rings. The monoisotopic (exact) mass is 399 g/mol. The summed E-state index contributed by atoms with van der Waals surface area (Å²) in [6.45, 7) is 4.35. The summed E-state index contributed by atoms with van der Waals surface area (Å²) in [6, 6.07) is 13.4. The molecular weight excluding hydrogens is 374 g/mol. The largest absolute Gasteiger partial charge is 0.361 e. The number of aryl methyl sites for hydroxylation is 2. The number of rotatable bonds is 7. The first-order valence-corrected chi connectivity index (χ1v) is 11.0. The molecule has 28 heavy (non-hydrogen) atoms. The van der Waals surface area contributed by atoms with Gasteiger partial charge in [0.1, 0.15) is 0 Å². The second-order valence-electron chi connectivity index (χ2n) is 6.99. The van der Waals surface area contributed by atoms with Crippen LogP contribution in [0.25, 0.3) is 10.9 Å². The third-order valence-electron chi connectivity index (χ3n) is 4.84. The summed E-state index contributed by atoms with van der Waals surface area (Å²) in [5, 5.41) is 3.84. The highest BCUT2D eigenvalue weighted by Crippen LogP contribution is 2.21. The number of hydrogen-bond donors (Lipinski definition) is 2. The van der Waals surface area contributed by atoms with Gasteiger partial charge in [0.15, 0.2) is 0 Å². The molecule has 2 N–H and O–H groups in total. The fourth-order valence-corrected chi connectivity index (χ4v) is 4.10. The van der Waals surface area contributed by atoms with E-state index in [1.807, 2.05) is 56.4 Å². The van der Waals surface area contributed by atoms with Gasteiger partial charge in [0, 0.05) is 23.6 Å². The number of amides is 1. The zero-order valence-corrected chi connectivity index (χ0v) is 17.1. The van der Waals surface area contributed by atoms with Crippen LogP contribution in [-0.4, -0.2) is 38.7 Å². The second-order valence-corrected chi connectivity index (χ2v) is 8.90. The van der Waals surface area contributed by atoms with Crippen LogP contribution in [0.15, 0.2) is 48.7 Å². The van der Waals surface area contributed by atoms with Crippen molar-refractivity contribution in [2.75, 3.05) is 23.7 Å². The van der Waals surface area contributed by atoms with E-state index in [-0.39, 0.29) is 25.4 Å². The molecule has 148 valence electrons. The Morgan fingerprint density at radius 2 is 1.86 bits per heavy atom. The number of H-pyrrole nitrogens is 1. The Bertz CT molecular complexity index is 1100. The van der Waals surface area contributed by atoms with Crippen molar-refractivity contribution in [1.29, 1.82) is 0 Å². The normalized spacial score (nSPS) is 11.5. The molecule has 0 atom stereocenters. The highest BCUT2D eigenvalue weighted by atomic mass is 32.2. The molecule has 0 aliphatic heterocycles. The van der Waals surface area contributed by atoms with Crippen molar-refractivity contribution in [2.45, 2.75) is 20.3 Å². The zero-order valence-electron chi connectivity index (χ0n) is 16.3. The Labute approximate surface area is 165 Å². The number of nitrogens with zero attached hydrogens (tertiary/aromatic N) is 1. The first kappa shape index (κ1) is 19.9. The van der Waals surface area contributed by atoms with Crippen molar-refractivity contribution < 1.29 is 13.2 Å². The smallest absolute Gasteiger partial charge is 0.232 e. The van der Waals surface area contributed by atoms with Crippen LogP contribution in [0.1, 0.15) is 16.7 Å². The third kappa shape index (κ3) is 4.54. The lowest BCUT2D eigenvalue weighted by Crippen LogP contribution is -2.38. The minimum Gasteiger partial charge on any atom is -0.361 e. The van der Waals surface area contributed by atoms with E-state index in [1.54, 1.807) is 6.07 Å². The predicted octanol–water partition coefficient (Wildman–Crippen LogP) is 2.91. The minimum absolute atomic E-state index is 0.140. The maximum atomic E-state index is 12.3. The quantitative estimate of drug-likeness (QED) is 0.641. The summed E-state index contributed by atoms with van der Waals surface area (Å²) in [5.74, 6) is -0.140. The number of para-hydroxylation sites is 1. The maximum absolute atomic E-state index is 12.3.